The predicted octanol–water partition coefficient (Wildman–Crippen LogP) is 5.56. The summed E-state index contributed by atoms with van der Waals surface area (Å²) in [5.41, 5.74) is 3.80. The van der Waals surface area contributed by atoms with Crippen LogP contribution in [0.4, 0.5) is 0 Å². The first-order valence-electron chi connectivity index (χ1n) is 11.9. The topological polar surface area (TPSA) is 59.1 Å². The molecular formula is C28H32N2O4S. The Bertz CT molecular complexity index is 1190. The monoisotopic (exact) mass is 492 g/mol. The molecule has 0 aliphatic carbocycles. The lowest BCUT2D eigenvalue weighted by atomic mass is 10.1. The van der Waals surface area contributed by atoms with Gasteiger partial charge >= 0.3 is 0 Å². The van der Waals surface area contributed by atoms with Gasteiger partial charge in [-0.2, -0.15) is 0 Å². The summed E-state index contributed by atoms with van der Waals surface area (Å²) in [4.78, 5) is 31.8. The van der Waals surface area contributed by atoms with E-state index < -0.39 is 0 Å². The molecule has 184 valence electrons. The third-order valence-corrected chi connectivity index (χ3v) is 7.46. The highest BCUT2D eigenvalue weighted by Crippen LogP contribution is 2.33. The third kappa shape index (κ3) is 5.85. The average molecular weight is 493 g/mol. The fraction of sp³-hybridized carbons (Fsp3) is 0.357. The number of thiophene rings is 1. The van der Waals surface area contributed by atoms with Gasteiger partial charge in [-0.15, -0.1) is 11.3 Å². The van der Waals surface area contributed by atoms with Crippen LogP contribution < -0.4 is 9.47 Å². The summed E-state index contributed by atoms with van der Waals surface area (Å²) in [6, 6.07) is 15.3. The zero-order chi connectivity index (χ0) is 24.9. The Hall–Kier alpha value is -3.32. The van der Waals surface area contributed by atoms with E-state index in [0.717, 1.165) is 28.0 Å². The maximum absolute atomic E-state index is 13.7. The summed E-state index contributed by atoms with van der Waals surface area (Å²) in [6.45, 7) is 9.21. The van der Waals surface area contributed by atoms with Gasteiger partial charge in [0, 0.05) is 23.0 Å². The van der Waals surface area contributed by atoms with Gasteiger partial charge in [-0.25, -0.2) is 0 Å². The molecule has 1 aromatic heterocycles. The van der Waals surface area contributed by atoms with E-state index >= 15 is 0 Å². The van der Waals surface area contributed by atoms with Gasteiger partial charge in [0.05, 0.1) is 6.54 Å². The maximum Gasteiger partial charge on any atom is 0.254 e. The van der Waals surface area contributed by atoms with Crippen molar-refractivity contribution in [1.82, 2.24) is 9.80 Å². The minimum atomic E-state index is -0.122. The van der Waals surface area contributed by atoms with E-state index in [1.807, 2.05) is 73.5 Å². The van der Waals surface area contributed by atoms with Gasteiger partial charge in [0.2, 0.25) is 12.7 Å². The van der Waals surface area contributed by atoms with Crippen molar-refractivity contribution < 1.29 is 19.1 Å². The second kappa shape index (κ2) is 11.0. The molecule has 6 nitrogen and oxygen atoms in total. The van der Waals surface area contributed by atoms with Gasteiger partial charge in [-0.1, -0.05) is 30.7 Å². The van der Waals surface area contributed by atoms with Crippen LogP contribution in [-0.2, 0) is 17.9 Å². The van der Waals surface area contributed by atoms with Gasteiger partial charge in [0.1, 0.15) is 6.54 Å². The van der Waals surface area contributed by atoms with Crippen LogP contribution in [0.15, 0.2) is 53.9 Å². The Labute approximate surface area is 211 Å². The Morgan fingerprint density at radius 2 is 1.74 bits per heavy atom. The number of nitrogens with zero attached hydrogens (tertiary/aromatic N) is 2. The van der Waals surface area contributed by atoms with Gasteiger partial charge in [0.25, 0.3) is 5.91 Å². The van der Waals surface area contributed by atoms with Crippen molar-refractivity contribution in [3.8, 4) is 11.5 Å². The van der Waals surface area contributed by atoms with Gasteiger partial charge < -0.3 is 19.3 Å². The molecule has 2 heterocycles. The Balaban J connectivity index is 1.58. The minimum Gasteiger partial charge on any atom is -0.454 e. The van der Waals surface area contributed by atoms with Crippen molar-refractivity contribution >= 4 is 23.2 Å². The molecule has 0 saturated carbocycles. The lowest BCUT2D eigenvalue weighted by molar-refractivity contribution is -0.133. The van der Waals surface area contributed by atoms with Crippen LogP contribution in [0.1, 0.15) is 52.2 Å². The summed E-state index contributed by atoms with van der Waals surface area (Å²) >= 11 is 1.64. The molecule has 1 atom stereocenters. The van der Waals surface area contributed by atoms with Crippen LogP contribution in [-0.4, -0.2) is 41.0 Å². The fourth-order valence-electron chi connectivity index (χ4n) is 3.99. The van der Waals surface area contributed by atoms with Crippen LogP contribution in [0.25, 0.3) is 0 Å². The van der Waals surface area contributed by atoms with Crippen molar-refractivity contribution in [2.45, 2.75) is 53.2 Å². The van der Waals surface area contributed by atoms with Gasteiger partial charge in [-0.3, -0.25) is 9.59 Å². The summed E-state index contributed by atoms with van der Waals surface area (Å²) in [7, 11) is 0. The Morgan fingerprint density at radius 3 is 2.43 bits per heavy atom. The number of hydrogen-bond donors (Lipinski definition) is 0. The van der Waals surface area contributed by atoms with Crippen LogP contribution in [0, 0.1) is 13.8 Å². The maximum atomic E-state index is 13.7. The average Bonchev–Trinajstić information content (AvgIpc) is 3.49. The quantitative estimate of drug-likeness (QED) is 0.392. The van der Waals surface area contributed by atoms with Crippen LogP contribution >= 0.6 is 11.3 Å². The highest BCUT2D eigenvalue weighted by atomic mass is 32.1. The number of ether oxygens (including phenoxy) is 2. The molecule has 1 aliphatic heterocycles. The predicted molar refractivity (Wildman–Crippen MR) is 138 cm³/mol. The number of fused-ring (bicyclic) bond motifs is 1. The highest BCUT2D eigenvalue weighted by Gasteiger charge is 2.27. The number of hydrogen-bond acceptors (Lipinski definition) is 5. The van der Waals surface area contributed by atoms with Gasteiger partial charge in [-0.05, 0) is 74.0 Å². The van der Waals surface area contributed by atoms with E-state index in [4.69, 9.17) is 9.47 Å². The molecule has 2 aromatic carbocycles. The molecule has 7 heteroatoms. The number of aryl methyl sites for hydroxylation is 2. The summed E-state index contributed by atoms with van der Waals surface area (Å²) in [6.07, 6.45) is 0.761. The smallest absolute Gasteiger partial charge is 0.254 e. The molecule has 3 aromatic rings. The van der Waals surface area contributed by atoms with E-state index in [-0.39, 0.29) is 31.2 Å². The molecule has 0 unspecified atom stereocenters. The molecular weight excluding hydrogens is 460 g/mol. The van der Waals surface area contributed by atoms with Crippen molar-refractivity contribution in [1.29, 1.82) is 0 Å². The minimum absolute atomic E-state index is 0.0245. The zero-order valence-electron chi connectivity index (χ0n) is 20.7. The van der Waals surface area contributed by atoms with E-state index in [0.29, 0.717) is 30.2 Å². The summed E-state index contributed by atoms with van der Waals surface area (Å²) in [5.74, 6) is 1.20. The SMILES string of the molecule is CC[C@H](C)N(CC(=O)N(Cc1ccc2c(c1)OCO2)Cc1sccc1C)C(=O)c1ccc(C)cc1. The normalized spacial score (nSPS) is 12.9. The first-order chi connectivity index (χ1) is 16.9. The highest BCUT2D eigenvalue weighted by molar-refractivity contribution is 7.10. The van der Waals surface area contributed by atoms with Crippen LogP contribution in [0.3, 0.4) is 0 Å². The fourth-order valence-corrected chi connectivity index (χ4v) is 4.91. The van der Waals surface area contributed by atoms with E-state index in [1.54, 1.807) is 16.2 Å². The van der Waals surface area contributed by atoms with Crippen molar-refractivity contribution in [2.75, 3.05) is 13.3 Å². The lowest BCUT2D eigenvalue weighted by Crippen LogP contribution is -2.46. The second-order valence-electron chi connectivity index (χ2n) is 9.02. The molecule has 0 radical (unpaired) electrons. The number of rotatable bonds is 9. The molecule has 0 fully saturated rings. The van der Waals surface area contributed by atoms with Crippen LogP contribution in [0.2, 0.25) is 0 Å². The number of benzene rings is 2. The number of carbonyl (C=O) groups is 2. The van der Waals surface area contributed by atoms with E-state index in [1.165, 1.54) is 0 Å². The third-order valence-electron chi connectivity index (χ3n) is 6.45. The molecule has 4 rings (SSSR count). The number of amides is 2. The van der Waals surface area contributed by atoms with Crippen molar-refractivity contribution in [2.24, 2.45) is 0 Å². The number of carbonyl (C=O) groups excluding carboxylic acids is 2. The molecule has 0 N–H and O–H groups in total. The van der Waals surface area contributed by atoms with E-state index in [2.05, 4.69) is 13.0 Å². The molecule has 0 bridgehead atoms. The van der Waals surface area contributed by atoms with E-state index in [9.17, 15) is 9.59 Å². The van der Waals surface area contributed by atoms with Crippen molar-refractivity contribution in [3.05, 3.63) is 81.0 Å². The second-order valence-corrected chi connectivity index (χ2v) is 10.0. The standard InChI is InChI=1S/C28H32N2O4S/c1-5-21(4)30(28(32)23-9-6-19(2)7-10-23)17-27(31)29(16-26-20(3)12-13-35-26)15-22-8-11-24-25(14-22)34-18-33-24/h6-14,21H,5,15-18H2,1-4H3/t21-/m0/s1. The first kappa shape index (κ1) is 24.8. The van der Waals surface area contributed by atoms with Crippen molar-refractivity contribution in [3.63, 3.8) is 0 Å². The zero-order valence-corrected chi connectivity index (χ0v) is 21.6. The molecule has 0 saturated heterocycles. The van der Waals surface area contributed by atoms with Crippen LogP contribution in [0.5, 0.6) is 11.5 Å². The molecule has 2 amide bonds. The van der Waals surface area contributed by atoms with Gasteiger partial charge in [0.15, 0.2) is 11.5 Å². The Morgan fingerprint density at radius 1 is 1.00 bits per heavy atom. The molecule has 35 heavy (non-hydrogen) atoms. The largest absolute Gasteiger partial charge is 0.454 e. The summed E-state index contributed by atoms with van der Waals surface area (Å²) in [5, 5.41) is 2.04. The molecule has 0 spiro atoms. The Kier molecular flexibility index (Phi) is 7.76. The lowest BCUT2D eigenvalue weighted by Gasteiger charge is -2.31. The summed E-state index contributed by atoms with van der Waals surface area (Å²) < 4.78 is 11.0. The first-order valence-corrected chi connectivity index (χ1v) is 12.8. The molecule has 1 aliphatic rings.